The first-order valence-electron chi connectivity index (χ1n) is 8.47. The lowest BCUT2D eigenvalue weighted by atomic mass is 10.3. The molecular formula is C19H16F3N5. The Kier molecular flexibility index (Phi) is 4.18. The van der Waals surface area contributed by atoms with E-state index < -0.39 is 11.9 Å². The Morgan fingerprint density at radius 1 is 1.00 bits per heavy atom. The maximum atomic E-state index is 13.0. The predicted molar refractivity (Wildman–Crippen MR) is 95.0 cm³/mol. The minimum absolute atomic E-state index is 0.175. The second kappa shape index (κ2) is 6.53. The first kappa shape index (κ1) is 17.3. The summed E-state index contributed by atoms with van der Waals surface area (Å²) in [5, 5.41) is 0. The van der Waals surface area contributed by atoms with Crippen LogP contribution in [0.25, 0.3) is 22.6 Å². The third-order valence-electron chi connectivity index (χ3n) is 4.35. The highest BCUT2D eigenvalue weighted by Crippen LogP contribution is 2.29. The number of hydrogen-bond donors (Lipinski definition) is 0. The second-order valence-electron chi connectivity index (χ2n) is 6.05. The van der Waals surface area contributed by atoms with E-state index in [1.165, 1.54) is 12.1 Å². The van der Waals surface area contributed by atoms with Crippen LogP contribution in [0, 0.1) is 0 Å². The first-order chi connectivity index (χ1) is 13.0. The van der Waals surface area contributed by atoms with E-state index in [1.54, 1.807) is 17.0 Å². The third-order valence-corrected chi connectivity index (χ3v) is 4.35. The molecule has 0 amide bonds. The van der Waals surface area contributed by atoms with Crippen LogP contribution < -0.4 is 0 Å². The lowest BCUT2D eigenvalue weighted by Crippen LogP contribution is -2.11. The Labute approximate surface area is 153 Å². The van der Waals surface area contributed by atoms with Crippen molar-refractivity contribution >= 4 is 11.0 Å². The van der Waals surface area contributed by atoms with Crippen molar-refractivity contribution in [1.29, 1.82) is 0 Å². The molecule has 0 saturated heterocycles. The van der Waals surface area contributed by atoms with Crippen molar-refractivity contribution in [1.82, 2.24) is 24.1 Å². The average Bonchev–Trinajstić information content (AvgIpc) is 3.25. The van der Waals surface area contributed by atoms with Gasteiger partial charge in [0.05, 0.1) is 17.6 Å². The van der Waals surface area contributed by atoms with E-state index in [0.29, 0.717) is 12.4 Å². The van der Waals surface area contributed by atoms with Gasteiger partial charge in [0.15, 0.2) is 5.82 Å². The number of alkyl halides is 3. The van der Waals surface area contributed by atoms with Crippen molar-refractivity contribution in [2.75, 3.05) is 0 Å². The van der Waals surface area contributed by atoms with Gasteiger partial charge in [-0.25, -0.2) is 15.0 Å². The van der Waals surface area contributed by atoms with E-state index in [4.69, 9.17) is 0 Å². The van der Waals surface area contributed by atoms with E-state index in [-0.39, 0.29) is 5.69 Å². The summed E-state index contributed by atoms with van der Waals surface area (Å²) in [4.78, 5) is 12.6. The summed E-state index contributed by atoms with van der Waals surface area (Å²) in [6.07, 6.45) is -1.23. The smallest absolute Gasteiger partial charge is 0.327 e. The third kappa shape index (κ3) is 3.18. The predicted octanol–water partition coefficient (Wildman–Crippen LogP) is 4.38. The number of pyridine rings is 1. The van der Waals surface area contributed by atoms with E-state index >= 15 is 0 Å². The Bertz CT molecular complexity index is 1090. The number of hydrogen-bond acceptors (Lipinski definition) is 3. The lowest BCUT2D eigenvalue weighted by molar-refractivity contribution is -0.141. The molecule has 4 rings (SSSR count). The van der Waals surface area contributed by atoms with Gasteiger partial charge in [0.1, 0.15) is 17.2 Å². The van der Waals surface area contributed by atoms with Crippen LogP contribution in [-0.4, -0.2) is 24.1 Å². The summed E-state index contributed by atoms with van der Waals surface area (Å²) in [5.41, 5.74) is 1.14. The molecular weight excluding hydrogens is 355 g/mol. The summed E-state index contributed by atoms with van der Waals surface area (Å²) >= 11 is 0. The Morgan fingerprint density at radius 3 is 2.59 bits per heavy atom. The normalized spacial score (nSPS) is 12.0. The van der Waals surface area contributed by atoms with Crippen LogP contribution >= 0.6 is 0 Å². The average molecular weight is 371 g/mol. The van der Waals surface area contributed by atoms with Gasteiger partial charge in [0.25, 0.3) is 0 Å². The number of nitrogens with zero attached hydrogens (tertiary/aromatic N) is 5. The topological polar surface area (TPSA) is 48.5 Å². The first-order valence-corrected chi connectivity index (χ1v) is 8.47. The Hall–Kier alpha value is -3.16. The number of aromatic nitrogens is 5. The molecule has 0 aliphatic rings. The van der Waals surface area contributed by atoms with Crippen LogP contribution in [0.2, 0.25) is 0 Å². The zero-order valence-corrected chi connectivity index (χ0v) is 14.5. The standard InChI is InChI=1S/C19H16F3N5/c1-2-27-15-8-4-3-6-13(15)25-17(27)12-26-11-10-23-18(26)14-7-5-9-16(24-14)19(20,21)22/h3-11H,2,12H2,1H3. The van der Waals surface area contributed by atoms with Crippen molar-refractivity contribution in [2.45, 2.75) is 26.2 Å². The van der Waals surface area contributed by atoms with Gasteiger partial charge in [0.2, 0.25) is 0 Å². The molecule has 0 saturated carbocycles. The molecule has 5 nitrogen and oxygen atoms in total. The molecule has 0 atom stereocenters. The molecule has 27 heavy (non-hydrogen) atoms. The van der Waals surface area contributed by atoms with Gasteiger partial charge in [-0.3, -0.25) is 0 Å². The summed E-state index contributed by atoms with van der Waals surface area (Å²) < 4.78 is 42.8. The van der Waals surface area contributed by atoms with Crippen LogP contribution in [0.5, 0.6) is 0 Å². The highest BCUT2D eigenvalue weighted by molar-refractivity contribution is 5.75. The van der Waals surface area contributed by atoms with Crippen molar-refractivity contribution in [3.63, 3.8) is 0 Å². The van der Waals surface area contributed by atoms with Crippen LogP contribution in [0.3, 0.4) is 0 Å². The largest absolute Gasteiger partial charge is 0.433 e. The van der Waals surface area contributed by atoms with Gasteiger partial charge in [0, 0.05) is 18.9 Å². The van der Waals surface area contributed by atoms with Crippen LogP contribution in [0.15, 0.2) is 54.9 Å². The molecule has 0 aliphatic heterocycles. The van der Waals surface area contributed by atoms with Crippen LogP contribution in [0.4, 0.5) is 13.2 Å². The number of aryl methyl sites for hydroxylation is 1. The highest BCUT2D eigenvalue weighted by atomic mass is 19.4. The Morgan fingerprint density at radius 2 is 1.81 bits per heavy atom. The minimum atomic E-state index is -4.50. The lowest BCUT2D eigenvalue weighted by Gasteiger charge is -2.11. The fourth-order valence-corrected chi connectivity index (χ4v) is 3.14. The number of imidazole rings is 2. The summed E-state index contributed by atoms with van der Waals surface area (Å²) in [6.45, 7) is 3.15. The molecule has 8 heteroatoms. The molecule has 0 fully saturated rings. The summed E-state index contributed by atoms with van der Waals surface area (Å²) in [7, 11) is 0. The van der Waals surface area contributed by atoms with Crippen molar-refractivity contribution in [2.24, 2.45) is 0 Å². The van der Waals surface area contributed by atoms with Gasteiger partial charge in [-0.2, -0.15) is 13.2 Å². The molecule has 3 aromatic heterocycles. The molecule has 4 aromatic rings. The molecule has 138 valence electrons. The maximum Gasteiger partial charge on any atom is 0.433 e. The van der Waals surface area contributed by atoms with Gasteiger partial charge in [-0.1, -0.05) is 18.2 Å². The zero-order valence-electron chi connectivity index (χ0n) is 14.5. The van der Waals surface area contributed by atoms with Gasteiger partial charge in [-0.15, -0.1) is 0 Å². The van der Waals surface area contributed by atoms with Crippen LogP contribution in [0.1, 0.15) is 18.4 Å². The van der Waals surface area contributed by atoms with E-state index in [2.05, 4.69) is 19.5 Å². The molecule has 0 aliphatic carbocycles. The quantitative estimate of drug-likeness (QED) is 0.535. The van der Waals surface area contributed by atoms with E-state index in [0.717, 1.165) is 29.5 Å². The summed E-state index contributed by atoms with van der Waals surface area (Å²) in [5.74, 6) is 1.18. The van der Waals surface area contributed by atoms with Crippen molar-refractivity contribution in [3.05, 3.63) is 66.4 Å². The van der Waals surface area contributed by atoms with Gasteiger partial charge >= 0.3 is 6.18 Å². The SMILES string of the molecule is CCn1c(Cn2ccnc2-c2cccc(C(F)(F)F)n2)nc2ccccc21. The molecule has 0 radical (unpaired) electrons. The molecule has 0 spiro atoms. The number of benzene rings is 1. The van der Waals surface area contributed by atoms with E-state index in [1.807, 2.05) is 31.2 Å². The van der Waals surface area contributed by atoms with Crippen LogP contribution in [-0.2, 0) is 19.3 Å². The molecule has 1 aromatic carbocycles. The maximum absolute atomic E-state index is 13.0. The van der Waals surface area contributed by atoms with Gasteiger partial charge < -0.3 is 9.13 Å². The Balaban J connectivity index is 1.74. The molecule has 0 unspecified atom stereocenters. The number of fused-ring (bicyclic) bond motifs is 1. The number of para-hydroxylation sites is 2. The van der Waals surface area contributed by atoms with Crippen molar-refractivity contribution in [3.8, 4) is 11.5 Å². The second-order valence-corrected chi connectivity index (χ2v) is 6.05. The fraction of sp³-hybridized carbons (Fsp3) is 0.211. The molecule has 0 N–H and O–H groups in total. The molecule has 3 heterocycles. The highest BCUT2D eigenvalue weighted by Gasteiger charge is 2.32. The fourth-order valence-electron chi connectivity index (χ4n) is 3.14. The zero-order chi connectivity index (χ0) is 19.0. The van der Waals surface area contributed by atoms with Crippen molar-refractivity contribution < 1.29 is 13.2 Å². The number of rotatable bonds is 4. The summed E-state index contributed by atoms with van der Waals surface area (Å²) in [6, 6.07) is 11.6. The molecule has 0 bridgehead atoms. The monoisotopic (exact) mass is 371 g/mol. The van der Waals surface area contributed by atoms with E-state index in [9.17, 15) is 13.2 Å². The minimum Gasteiger partial charge on any atom is -0.327 e. The number of halogens is 3. The van der Waals surface area contributed by atoms with Gasteiger partial charge in [-0.05, 0) is 31.2 Å².